The maximum atomic E-state index is 12.2. The van der Waals surface area contributed by atoms with Crippen molar-refractivity contribution in [3.8, 4) is 11.3 Å². The van der Waals surface area contributed by atoms with E-state index in [1.807, 2.05) is 36.4 Å². The van der Waals surface area contributed by atoms with Crippen molar-refractivity contribution in [3.05, 3.63) is 42.6 Å². The Morgan fingerprint density at radius 1 is 0.821 bits per heavy atom. The number of aromatic nitrogens is 1. The van der Waals surface area contributed by atoms with Gasteiger partial charge in [0.25, 0.3) is 0 Å². The lowest BCUT2D eigenvalue weighted by Gasteiger charge is -2.09. The van der Waals surface area contributed by atoms with Crippen LogP contribution in [0.5, 0.6) is 0 Å². The van der Waals surface area contributed by atoms with Gasteiger partial charge >= 0.3 is 0 Å². The first kappa shape index (κ1) is 18.7. The van der Waals surface area contributed by atoms with Crippen LogP contribution in [-0.2, 0) is 9.59 Å². The second kappa shape index (κ2) is 6.43. The van der Waals surface area contributed by atoms with Crippen LogP contribution in [0.3, 0.4) is 0 Å². The van der Waals surface area contributed by atoms with E-state index in [-0.39, 0.29) is 34.5 Å². The number of hydrogen-bond donors (Lipinski definition) is 2. The van der Waals surface area contributed by atoms with Crippen molar-refractivity contribution in [3.63, 3.8) is 0 Å². The van der Waals surface area contributed by atoms with Crippen LogP contribution in [0.2, 0.25) is 0 Å². The van der Waals surface area contributed by atoms with Gasteiger partial charge in [0.2, 0.25) is 11.8 Å². The highest BCUT2D eigenvalue weighted by molar-refractivity contribution is 5.95. The number of amides is 2. The molecule has 2 amide bonds. The molecular weight excluding hydrogens is 350 g/mol. The summed E-state index contributed by atoms with van der Waals surface area (Å²) < 4.78 is 0. The number of rotatable bonds is 5. The van der Waals surface area contributed by atoms with Crippen molar-refractivity contribution in [1.82, 2.24) is 4.98 Å². The van der Waals surface area contributed by atoms with E-state index >= 15 is 0 Å². The molecule has 28 heavy (non-hydrogen) atoms. The summed E-state index contributed by atoms with van der Waals surface area (Å²) in [6, 6.07) is 11.5. The molecule has 0 spiro atoms. The van der Waals surface area contributed by atoms with Crippen molar-refractivity contribution in [2.45, 2.75) is 40.5 Å². The number of hydrogen-bond acceptors (Lipinski definition) is 3. The number of carbonyl (C=O) groups is 2. The van der Waals surface area contributed by atoms with Gasteiger partial charge in [0.15, 0.2) is 0 Å². The quantitative estimate of drug-likeness (QED) is 0.792. The molecule has 5 heteroatoms. The van der Waals surface area contributed by atoms with Gasteiger partial charge in [0, 0.05) is 23.1 Å². The minimum absolute atomic E-state index is 0.0680. The molecule has 1 aromatic carbocycles. The Labute approximate surface area is 165 Å². The summed E-state index contributed by atoms with van der Waals surface area (Å²) in [6.07, 6.45) is 3.57. The van der Waals surface area contributed by atoms with Crippen molar-refractivity contribution in [1.29, 1.82) is 0 Å². The van der Waals surface area contributed by atoms with Gasteiger partial charge in [-0.1, -0.05) is 39.8 Å². The van der Waals surface area contributed by atoms with Crippen LogP contribution in [0, 0.1) is 22.7 Å². The molecular formula is C23H27N3O2. The van der Waals surface area contributed by atoms with Crippen LogP contribution in [-0.4, -0.2) is 16.8 Å². The van der Waals surface area contributed by atoms with Crippen LogP contribution in [0.1, 0.15) is 40.5 Å². The number of benzene rings is 1. The lowest BCUT2D eigenvalue weighted by atomic mass is 10.1. The van der Waals surface area contributed by atoms with E-state index in [0.29, 0.717) is 5.69 Å². The SMILES string of the molecule is CC1(C)CC1C(=O)Nc1ccc(-c2ccc(NC(=O)C3CC3(C)C)cn2)cc1. The molecule has 0 aliphatic heterocycles. The topological polar surface area (TPSA) is 71.1 Å². The maximum Gasteiger partial charge on any atom is 0.228 e. The second-order valence-electron chi connectivity index (χ2n) is 9.48. The zero-order valence-electron chi connectivity index (χ0n) is 16.9. The van der Waals surface area contributed by atoms with E-state index in [1.165, 1.54) is 0 Å². The molecule has 146 valence electrons. The lowest BCUT2D eigenvalue weighted by Crippen LogP contribution is -2.16. The van der Waals surface area contributed by atoms with Crippen LogP contribution in [0.25, 0.3) is 11.3 Å². The van der Waals surface area contributed by atoms with Crippen molar-refractivity contribution < 1.29 is 9.59 Å². The molecule has 1 aromatic heterocycles. The zero-order valence-corrected chi connectivity index (χ0v) is 16.9. The summed E-state index contributed by atoms with van der Waals surface area (Å²) in [4.78, 5) is 28.9. The van der Waals surface area contributed by atoms with E-state index in [9.17, 15) is 9.59 Å². The van der Waals surface area contributed by atoms with Gasteiger partial charge in [0.05, 0.1) is 17.6 Å². The Bertz CT molecular complexity index is 836. The molecule has 2 unspecified atom stereocenters. The minimum Gasteiger partial charge on any atom is -0.326 e. The third-order valence-electron chi connectivity index (χ3n) is 6.14. The Morgan fingerprint density at radius 3 is 1.71 bits per heavy atom. The van der Waals surface area contributed by atoms with Gasteiger partial charge in [0.1, 0.15) is 0 Å². The summed E-state index contributed by atoms with van der Waals surface area (Å²) in [5.41, 5.74) is 3.54. The third kappa shape index (κ3) is 3.79. The fraction of sp³-hybridized carbons (Fsp3) is 0.435. The van der Waals surface area contributed by atoms with Gasteiger partial charge in [-0.25, -0.2) is 0 Å². The standard InChI is InChI=1S/C23H27N3O2/c1-22(2)11-17(22)20(27)25-15-7-5-14(6-8-15)19-10-9-16(13-24-19)26-21(28)18-12-23(18,3)4/h5-10,13,17-18H,11-12H2,1-4H3,(H,25,27)(H,26,28). The van der Waals surface area contributed by atoms with E-state index in [4.69, 9.17) is 0 Å². The molecule has 0 radical (unpaired) electrons. The third-order valence-corrected chi connectivity index (χ3v) is 6.14. The smallest absolute Gasteiger partial charge is 0.228 e. The summed E-state index contributed by atoms with van der Waals surface area (Å²) in [5.74, 6) is 0.363. The van der Waals surface area contributed by atoms with Crippen LogP contribution >= 0.6 is 0 Å². The fourth-order valence-electron chi connectivity index (χ4n) is 3.65. The average Bonchev–Trinajstić information content (AvgIpc) is 3.50. The van der Waals surface area contributed by atoms with Crippen molar-refractivity contribution in [2.75, 3.05) is 10.6 Å². The number of anilines is 2. The highest BCUT2D eigenvalue weighted by atomic mass is 16.2. The normalized spacial score (nSPS) is 23.6. The summed E-state index contributed by atoms with van der Waals surface area (Å²) >= 11 is 0. The second-order valence-corrected chi connectivity index (χ2v) is 9.48. The number of nitrogens with zero attached hydrogens (tertiary/aromatic N) is 1. The van der Waals surface area contributed by atoms with Gasteiger partial charge in [-0.05, 0) is 47.9 Å². The van der Waals surface area contributed by atoms with Crippen LogP contribution in [0.4, 0.5) is 11.4 Å². The number of pyridine rings is 1. The van der Waals surface area contributed by atoms with Crippen molar-refractivity contribution in [2.24, 2.45) is 22.7 Å². The minimum atomic E-state index is 0.0680. The van der Waals surface area contributed by atoms with E-state index in [0.717, 1.165) is 29.8 Å². The molecule has 2 atom stereocenters. The fourth-order valence-corrected chi connectivity index (χ4v) is 3.65. The molecule has 2 fully saturated rings. The Hall–Kier alpha value is -2.69. The first-order valence-electron chi connectivity index (χ1n) is 9.84. The van der Waals surface area contributed by atoms with E-state index < -0.39 is 0 Å². The van der Waals surface area contributed by atoms with Gasteiger partial charge in [-0.3, -0.25) is 14.6 Å². The predicted octanol–water partition coefficient (Wildman–Crippen LogP) is 4.72. The first-order valence-corrected chi connectivity index (χ1v) is 9.84. The largest absolute Gasteiger partial charge is 0.326 e. The molecule has 4 rings (SSSR count). The Morgan fingerprint density at radius 2 is 1.29 bits per heavy atom. The summed E-state index contributed by atoms with van der Waals surface area (Å²) in [5, 5.41) is 5.93. The highest BCUT2D eigenvalue weighted by Crippen LogP contribution is 2.52. The molecule has 1 heterocycles. The molecule has 2 aliphatic carbocycles. The molecule has 2 aliphatic rings. The highest BCUT2D eigenvalue weighted by Gasteiger charge is 2.51. The van der Waals surface area contributed by atoms with E-state index in [1.54, 1.807) is 6.20 Å². The van der Waals surface area contributed by atoms with Crippen LogP contribution < -0.4 is 10.6 Å². The molecule has 5 nitrogen and oxygen atoms in total. The Kier molecular flexibility index (Phi) is 4.29. The molecule has 0 saturated heterocycles. The maximum absolute atomic E-state index is 12.2. The molecule has 2 N–H and O–H groups in total. The van der Waals surface area contributed by atoms with Gasteiger partial charge in [-0.15, -0.1) is 0 Å². The monoisotopic (exact) mass is 377 g/mol. The molecule has 0 bridgehead atoms. The first-order chi connectivity index (χ1) is 13.2. The molecule has 2 saturated carbocycles. The van der Waals surface area contributed by atoms with Gasteiger partial charge in [-0.2, -0.15) is 0 Å². The number of nitrogens with one attached hydrogen (secondary N) is 2. The average molecular weight is 377 g/mol. The van der Waals surface area contributed by atoms with E-state index in [2.05, 4.69) is 43.3 Å². The lowest BCUT2D eigenvalue weighted by molar-refractivity contribution is -0.118. The Balaban J connectivity index is 1.36. The van der Waals surface area contributed by atoms with Crippen LogP contribution in [0.15, 0.2) is 42.6 Å². The van der Waals surface area contributed by atoms with Gasteiger partial charge < -0.3 is 10.6 Å². The van der Waals surface area contributed by atoms with Crippen molar-refractivity contribution >= 4 is 23.2 Å². The summed E-state index contributed by atoms with van der Waals surface area (Å²) in [6.45, 7) is 8.44. The predicted molar refractivity (Wildman–Crippen MR) is 111 cm³/mol. The zero-order chi connectivity index (χ0) is 20.1. The summed E-state index contributed by atoms with van der Waals surface area (Å²) in [7, 11) is 0. The number of carbonyl (C=O) groups excluding carboxylic acids is 2. The molecule has 2 aromatic rings.